The van der Waals surface area contributed by atoms with Crippen LogP contribution < -0.4 is 14.2 Å². The summed E-state index contributed by atoms with van der Waals surface area (Å²) in [5.74, 6) is 1.95. The third kappa shape index (κ3) is 4.66. The Bertz CT molecular complexity index is 955. The average molecular weight is 419 g/mol. The second kappa shape index (κ2) is 8.61. The molecule has 2 heterocycles. The molecule has 0 amide bonds. The van der Waals surface area contributed by atoms with Crippen molar-refractivity contribution in [2.24, 2.45) is 0 Å². The summed E-state index contributed by atoms with van der Waals surface area (Å²) in [6, 6.07) is 12.8. The Morgan fingerprint density at radius 2 is 1.72 bits per heavy atom. The van der Waals surface area contributed by atoms with Crippen LogP contribution in [0, 0.1) is 6.92 Å². The molecule has 2 aliphatic rings. The molecule has 0 spiro atoms. The molecule has 7 nitrogen and oxygen atoms in total. The number of benzene rings is 2. The van der Waals surface area contributed by atoms with E-state index in [4.69, 9.17) is 14.2 Å². The zero-order valence-corrected chi connectivity index (χ0v) is 17.4. The molecule has 0 atom stereocenters. The van der Waals surface area contributed by atoms with Gasteiger partial charge in [0.25, 0.3) is 0 Å². The summed E-state index contributed by atoms with van der Waals surface area (Å²) < 4.78 is 44.3. The lowest BCUT2D eigenvalue weighted by Gasteiger charge is -2.34. The highest BCUT2D eigenvalue weighted by molar-refractivity contribution is 7.89. The predicted molar refractivity (Wildman–Crippen MR) is 109 cm³/mol. The lowest BCUT2D eigenvalue weighted by Crippen LogP contribution is -2.49. The Balaban J connectivity index is 1.30. The first-order chi connectivity index (χ1) is 14.0. The van der Waals surface area contributed by atoms with Crippen molar-refractivity contribution in [3.63, 3.8) is 0 Å². The van der Waals surface area contributed by atoms with Crippen molar-refractivity contribution in [2.75, 3.05) is 52.5 Å². The Kier molecular flexibility index (Phi) is 5.94. The number of sulfonamides is 1. The van der Waals surface area contributed by atoms with Crippen LogP contribution in [-0.4, -0.2) is 70.2 Å². The lowest BCUT2D eigenvalue weighted by molar-refractivity contribution is 0.158. The van der Waals surface area contributed by atoms with Crippen LogP contribution in [0.25, 0.3) is 0 Å². The Labute approximate surface area is 171 Å². The molecule has 0 saturated carbocycles. The maximum atomic E-state index is 13.0. The topological polar surface area (TPSA) is 68.3 Å². The number of fused-ring (bicyclic) bond motifs is 1. The summed E-state index contributed by atoms with van der Waals surface area (Å²) in [5.41, 5.74) is 1.17. The molecule has 0 aliphatic carbocycles. The minimum atomic E-state index is -3.55. The van der Waals surface area contributed by atoms with Gasteiger partial charge in [0.2, 0.25) is 10.0 Å². The monoisotopic (exact) mass is 418 g/mol. The second-order valence-electron chi connectivity index (χ2n) is 7.22. The quantitative estimate of drug-likeness (QED) is 0.716. The minimum Gasteiger partial charge on any atom is -0.492 e. The van der Waals surface area contributed by atoms with E-state index >= 15 is 0 Å². The van der Waals surface area contributed by atoms with Crippen LogP contribution in [0.3, 0.4) is 0 Å². The summed E-state index contributed by atoms with van der Waals surface area (Å²) >= 11 is 0. The van der Waals surface area contributed by atoms with Crippen LogP contribution in [0.1, 0.15) is 5.56 Å². The van der Waals surface area contributed by atoms with Gasteiger partial charge in [-0.25, -0.2) is 8.42 Å². The van der Waals surface area contributed by atoms with E-state index in [9.17, 15) is 8.42 Å². The Hall–Kier alpha value is -2.29. The number of rotatable bonds is 6. The van der Waals surface area contributed by atoms with Crippen molar-refractivity contribution in [3.8, 4) is 17.2 Å². The summed E-state index contributed by atoms with van der Waals surface area (Å²) in [4.78, 5) is 2.48. The van der Waals surface area contributed by atoms with Crippen LogP contribution in [0.15, 0.2) is 47.4 Å². The lowest BCUT2D eigenvalue weighted by atomic mass is 10.2. The molecule has 0 radical (unpaired) electrons. The van der Waals surface area contributed by atoms with Gasteiger partial charge in [-0.2, -0.15) is 4.31 Å². The molecule has 0 N–H and O–H groups in total. The second-order valence-corrected chi connectivity index (χ2v) is 9.15. The van der Waals surface area contributed by atoms with E-state index in [1.165, 1.54) is 9.87 Å². The van der Waals surface area contributed by atoms with Gasteiger partial charge in [-0.1, -0.05) is 12.1 Å². The zero-order chi connectivity index (χ0) is 20.3. The van der Waals surface area contributed by atoms with Crippen molar-refractivity contribution >= 4 is 10.0 Å². The fraction of sp³-hybridized carbons (Fsp3) is 0.429. The Morgan fingerprint density at radius 3 is 2.48 bits per heavy atom. The van der Waals surface area contributed by atoms with Gasteiger partial charge < -0.3 is 14.2 Å². The van der Waals surface area contributed by atoms with E-state index in [1.807, 2.05) is 31.2 Å². The molecule has 0 bridgehead atoms. The van der Waals surface area contributed by atoms with Crippen molar-refractivity contribution in [1.29, 1.82) is 0 Å². The van der Waals surface area contributed by atoms with E-state index in [-0.39, 0.29) is 4.90 Å². The van der Waals surface area contributed by atoms with Crippen LogP contribution in [-0.2, 0) is 10.0 Å². The molecule has 2 aromatic carbocycles. The number of piperazine rings is 1. The van der Waals surface area contributed by atoms with Crippen molar-refractivity contribution < 1.29 is 22.6 Å². The molecule has 0 aromatic heterocycles. The number of ether oxygens (including phenoxy) is 3. The molecule has 2 aromatic rings. The van der Waals surface area contributed by atoms with Gasteiger partial charge in [0.1, 0.15) is 25.6 Å². The molecule has 1 saturated heterocycles. The van der Waals surface area contributed by atoms with Gasteiger partial charge in [-0.3, -0.25) is 4.90 Å². The van der Waals surface area contributed by atoms with E-state index in [0.717, 1.165) is 12.3 Å². The molecule has 2 aliphatic heterocycles. The van der Waals surface area contributed by atoms with E-state index in [2.05, 4.69) is 4.90 Å². The summed E-state index contributed by atoms with van der Waals surface area (Å²) in [7, 11) is -3.55. The number of hydrogen-bond acceptors (Lipinski definition) is 6. The summed E-state index contributed by atoms with van der Waals surface area (Å²) in [6.07, 6.45) is 0. The number of nitrogens with zero attached hydrogens (tertiary/aromatic N) is 2. The van der Waals surface area contributed by atoms with Crippen molar-refractivity contribution in [2.45, 2.75) is 11.8 Å². The summed E-state index contributed by atoms with van der Waals surface area (Å²) in [6.45, 7) is 6.58. The van der Waals surface area contributed by atoms with Gasteiger partial charge in [0.05, 0.1) is 4.90 Å². The third-order valence-electron chi connectivity index (χ3n) is 5.15. The van der Waals surface area contributed by atoms with Gasteiger partial charge in [-0.15, -0.1) is 0 Å². The summed E-state index contributed by atoms with van der Waals surface area (Å²) in [5, 5.41) is 0. The molecule has 4 rings (SSSR count). The van der Waals surface area contributed by atoms with Gasteiger partial charge >= 0.3 is 0 Å². The largest absolute Gasteiger partial charge is 0.492 e. The fourth-order valence-electron chi connectivity index (χ4n) is 3.52. The molecule has 1 fully saturated rings. The first kappa shape index (κ1) is 20.0. The Morgan fingerprint density at radius 1 is 0.966 bits per heavy atom. The third-order valence-corrected chi connectivity index (χ3v) is 7.04. The van der Waals surface area contributed by atoms with E-state index in [0.29, 0.717) is 57.5 Å². The minimum absolute atomic E-state index is 0.248. The fourth-order valence-corrected chi connectivity index (χ4v) is 4.96. The van der Waals surface area contributed by atoms with Crippen LogP contribution in [0.5, 0.6) is 17.2 Å². The van der Waals surface area contributed by atoms with E-state index < -0.39 is 10.0 Å². The average Bonchev–Trinajstić information content (AvgIpc) is 2.74. The predicted octanol–water partition coefficient (Wildman–Crippen LogP) is 2.15. The SMILES string of the molecule is Cc1cccc(OCCN2CCN(S(=O)(=O)c3ccc4c(c3)OCCO4)CC2)c1. The normalized spacial score (nSPS) is 17.8. The zero-order valence-electron chi connectivity index (χ0n) is 16.5. The van der Waals surface area contributed by atoms with Crippen molar-refractivity contribution in [1.82, 2.24) is 9.21 Å². The van der Waals surface area contributed by atoms with Gasteiger partial charge in [0.15, 0.2) is 11.5 Å². The number of hydrogen-bond donors (Lipinski definition) is 0. The van der Waals surface area contributed by atoms with Gasteiger partial charge in [0, 0.05) is 38.8 Å². The molecule has 0 unspecified atom stereocenters. The maximum Gasteiger partial charge on any atom is 0.243 e. The van der Waals surface area contributed by atoms with Crippen molar-refractivity contribution in [3.05, 3.63) is 48.0 Å². The highest BCUT2D eigenvalue weighted by Gasteiger charge is 2.29. The first-order valence-electron chi connectivity index (χ1n) is 9.84. The standard InChI is InChI=1S/C21H26N2O5S/c1-17-3-2-4-18(15-17)26-12-11-22-7-9-23(10-8-22)29(24,25)19-5-6-20-21(16-19)28-14-13-27-20/h2-6,15-16H,7-14H2,1H3. The molecule has 156 valence electrons. The molecular weight excluding hydrogens is 392 g/mol. The van der Waals surface area contributed by atoms with E-state index in [1.54, 1.807) is 18.2 Å². The molecular formula is C21H26N2O5S. The molecule has 8 heteroatoms. The van der Waals surface area contributed by atoms with Crippen LogP contribution >= 0.6 is 0 Å². The van der Waals surface area contributed by atoms with Gasteiger partial charge in [-0.05, 0) is 36.8 Å². The maximum absolute atomic E-state index is 13.0. The number of aryl methyl sites for hydroxylation is 1. The smallest absolute Gasteiger partial charge is 0.243 e. The first-order valence-corrected chi connectivity index (χ1v) is 11.3. The van der Waals surface area contributed by atoms with Crippen LogP contribution in [0.4, 0.5) is 0 Å². The van der Waals surface area contributed by atoms with Crippen LogP contribution in [0.2, 0.25) is 0 Å². The molecule has 29 heavy (non-hydrogen) atoms. The highest BCUT2D eigenvalue weighted by atomic mass is 32.2. The highest BCUT2D eigenvalue weighted by Crippen LogP contribution is 2.33.